The third kappa shape index (κ3) is 4.52. The molecule has 0 saturated carbocycles. The van der Waals surface area contributed by atoms with Gasteiger partial charge in [0, 0.05) is 25.7 Å². The molecule has 0 aliphatic heterocycles. The highest BCUT2D eigenvalue weighted by Crippen LogP contribution is 2.18. The number of pyridine rings is 1. The number of nitrogens with one attached hydrogen (secondary N) is 1. The van der Waals surface area contributed by atoms with E-state index in [9.17, 15) is 18.5 Å². The average molecular weight is 364 g/mol. The molecule has 0 spiro atoms. The monoisotopic (exact) mass is 364 g/mol. The molecule has 1 aromatic carbocycles. The molecule has 9 heteroatoms. The molecule has 0 fully saturated rings. The molecule has 2 rings (SSSR count). The molecule has 1 aromatic heterocycles. The third-order valence-electron chi connectivity index (χ3n) is 3.76. The summed E-state index contributed by atoms with van der Waals surface area (Å²) in [6.07, 6.45) is 1.18. The van der Waals surface area contributed by atoms with Crippen LogP contribution in [0.1, 0.15) is 19.4 Å². The highest BCUT2D eigenvalue weighted by Gasteiger charge is 2.22. The molecule has 0 aliphatic carbocycles. The first-order valence-corrected chi connectivity index (χ1v) is 9.07. The van der Waals surface area contributed by atoms with Crippen LogP contribution in [-0.2, 0) is 16.6 Å². The lowest BCUT2D eigenvalue weighted by Crippen LogP contribution is -2.33. The van der Waals surface area contributed by atoms with Crippen LogP contribution in [0.2, 0.25) is 0 Å². The van der Waals surface area contributed by atoms with Crippen molar-refractivity contribution in [1.82, 2.24) is 9.29 Å². The van der Waals surface area contributed by atoms with Crippen molar-refractivity contribution in [2.75, 3.05) is 12.4 Å². The predicted molar refractivity (Wildman–Crippen MR) is 94.7 cm³/mol. The molecule has 8 nitrogen and oxygen atoms in total. The highest BCUT2D eigenvalue weighted by atomic mass is 32.2. The largest absolute Gasteiger partial charge is 0.366 e. The summed E-state index contributed by atoms with van der Waals surface area (Å²) in [5.41, 5.74) is 0.792. The van der Waals surface area contributed by atoms with Gasteiger partial charge in [-0.3, -0.25) is 10.1 Å². The summed E-state index contributed by atoms with van der Waals surface area (Å²) in [5, 5.41) is 13.6. The minimum atomic E-state index is -3.50. The van der Waals surface area contributed by atoms with Gasteiger partial charge in [-0.1, -0.05) is 12.1 Å². The average Bonchev–Trinajstić information content (AvgIpc) is 2.59. The van der Waals surface area contributed by atoms with Crippen molar-refractivity contribution in [3.8, 4) is 0 Å². The molecule has 0 saturated heterocycles. The van der Waals surface area contributed by atoms with Gasteiger partial charge in [-0.15, -0.1) is 0 Å². The van der Waals surface area contributed by atoms with Crippen molar-refractivity contribution in [3.05, 3.63) is 58.3 Å². The van der Waals surface area contributed by atoms with E-state index >= 15 is 0 Å². The molecule has 0 bridgehead atoms. The lowest BCUT2D eigenvalue weighted by molar-refractivity contribution is -0.385. The van der Waals surface area contributed by atoms with Crippen molar-refractivity contribution in [2.24, 2.45) is 0 Å². The van der Waals surface area contributed by atoms with E-state index in [-0.39, 0.29) is 16.6 Å². The van der Waals surface area contributed by atoms with Gasteiger partial charge in [-0.2, -0.15) is 4.31 Å². The maximum Gasteiger partial charge on any atom is 0.287 e. The normalized spacial score (nSPS) is 11.7. The molecule has 0 radical (unpaired) electrons. The smallest absolute Gasteiger partial charge is 0.287 e. The van der Waals surface area contributed by atoms with Crippen molar-refractivity contribution in [1.29, 1.82) is 0 Å². The van der Waals surface area contributed by atoms with Crippen LogP contribution in [0, 0.1) is 10.1 Å². The molecule has 0 amide bonds. The second-order valence-corrected chi connectivity index (χ2v) is 7.77. The maximum absolute atomic E-state index is 12.4. The van der Waals surface area contributed by atoms with Crippen LogP contribution < -0.4 is 5.32 Å². The Morgan fingerprint density at radius 1 is 1.20 bits per heavy atom. The first-order valence-electron chi connectivity index (χ1n) is 7.63. The number of nitro groups is 1. The quantitative estimate of drug-likeness (QED) is 0.598. The molecule has 1 heterocycles. The first-order chi connectivity index (χ1) is 11.7. The topological polar surface area (TPSA) is 105 Å². The zero-order valence-corrected chi connectivity index (χ0v) is 15.0. The Labute approximate surface area is 146 Å². The Hall–Kier alpha value is -2.52. The van der Waals surface area contributed by atoms with Gasteiger partial charge < -0.3 is 5.32 Å². The molecule has 134 valence electrons. The zero-order valence-electron chi connectivity index (χ0n) is 14.2. The molecular weight excluding hydrogens is 344 g/mol. The number of rotatable bonds is 7. The standard InChI is InChI=1S/C16H20N4O4S/c1-12(2)19(3)25(23,24)15-7-4-13(5-8-15)10-17-16-9-6-14(11-18-16)20(21)22/h4-9,11-12H,10H2,1-3H3,(H,17,18). The summed E-state index contributed by atoms with van der Waals surface area (Å²) in [4.78, 5) is 14.3. The third-order valence-corrected chi connectivity index (χ3v) is 5.81. The Balaban J connectivity index is 2.04. The van der Waals surface area contributed by atoms with E-state index in [1.54, 1.807) is 31.3 Å². The van der Waals surface area contributed by atoms with Gasteiger partial charge >= 0.3 is 0 Å². The fourth-order valence-electron chi connectivity index (χ4n) is 2.01. The Morgan fingerprint density at radius 2 is 1.84 bits per heavy atom. The minimum absolute atomic E-state index is 0.0746. The van der Waals surface area contributed by atoms with Gasteiger partial charge in [0.15, 0.2) is 0 Å². The summed E-state index contributed by atoms with van der Waals surface area (Å²) < 4.78 is 26.1. The summed E-state index contributed by atoms with van der Waals surface area (Å²) >= 11 is 0. The number of nitrogens with zero attached hydrogens (tertiary/aromatic N) is 3. The summed E-state index contributed by atoms with van der Waals surface area (Å²) in [6, 6.07) is 9.34. The summed E-state index contributed by atoms with van der Waals surface area (Å²) in [6.45, 7) is 4.05. The van der Waals surface area contributed by atoms with E-state index in [1.165, 1.54) is 22.6 Å². The van der Waals surface area contributed by atoms with Gasteiger partial charge in [-0.25, -0.2) is 13.4 Å². The first kappa shape index (κ1) is 18.8. The van der Waals surface area contributed by atoms with Crippen LogP contribution in [0.4, 0.5) is 11.5 Å². The van der Waals surface area contributed by atoms with E-state index in [1.807, 2.05) is 13.8 Å². The summed E-state index contributed by atoms with van der Waals surface area (Å²) in [5.74, 6) is 0.502. The zero-order chi connectivity index (χ0) is 18.6. The Kier molecular flexibility index (Phi) is 5.70. The fraction of sp³-hybridized carbons (Fsp3) is 0.312. The van der Waals surface area contributed by atoms with E-state index in [4.69, 9.17) is 0 Å². The van der Waals surface area contributed by atoms with Crippen molar-refractivity contribution in [3.63, 3.8) is 0 Å². The highest BCUT2D eigenvalue weighted by molar-refractivity contribution is 7.89. The number of hydrogen-bond acceptors (Lipinski definition) is 6. The molecule has 25 heavy (non-hydrogen) atoms. The van der Waals surface area contributed by atoms with E-state index in [0.29, 0.717) is 12.4 Å². The number of benzene rings is 1. The van der Waals surface area contributed by atoms with Crippen LogP contribution in [0.15, 0.2) is 47.5 Å². The van der Waals surface area contributed by atoms with Crippen LogP contribution in [-0.4, -0.2) is 35.7 Å². The van der Waals surface area contributed by atoms with Crippen molar-refractivity contribution >= 4 is 21.5 Å². The van der Waals surface area contributed by atoms with E-state index in [2.05, 4.69) is 10.3 Å². The summed E-state index contributed by atoms with van der Waals surface area (Å²) in [7, 11) is -1.95. The van der Waals surface area contributed by atoms with Gasteiger partial charge in [0.1, 0.15) is 12.0 Å². The Bertz CT molecular complexity index is 833. The SMILES string of the molecule is CC(C)N(C)S(=O)(=O)c1ccc(CNc2ccc([N+](=O)[O-])cn2)cc1. The number of hydrogen-bond donors (Lipinski definition) is 1. The van der Waals surface area contributed by atoms with Crippen LogP contribution >= 0.6 is 0 Å². The van der Waals surface area contributed by atoms with Crippen molar-refractivity contribution in [2.45, 2.75) is 31.3 Å². The molecule has 0 aliphatic rings. The van der Waals surface area contributed by atoms with Gasteiger partial charge in [-0.05, 0) is 37.6 Å². The van der Waals surface area contributed by atoms with Crippen LogP contribution in [0.5, 0.6) is 0 Å². The lowest BCUT2D eigenvalue weighted by Gasteiger charge is -2.21. The molecule has 0 unspecified atom stereocenters. The number of aromatic nitrogens is 1. The minimum Gasteiger partial charge on any atom is -0.366 e. The van der Waals surface area contributed by atoms with Crippen molar-refractivity contribution < 1.29 is 13.3 Å². The Morgan fingerprint density at radius 3 is 2.32 bits per heavy atom. The van der Waals surface area contributed by atoms with E-state index < -0.39 is 14.9 Å². The van der Waals surface area contributed by atoms with Gasteiger partial charge in [0.2, 0.25) is 10.0 Å². The predicted octanol–water partition coefficient (Wildman–Crippen LogP) is 2.63. The van der Waals surface area contributed by atoms with Crippen LogP contribution in [0.25, 0.3) is 0 Å². The second kappa shape index (κ2) is 7.58. The number of sulfonamides is 1. The van der Waals surface area contributed by atoms with Gasteiger partial charge in [0.25, 0.3) is 5.69 Å². The van der Waals surface area contributed by atoms with Crippen LogP contribution in [0.3, 0.4) is 0 Å². The molecule has 1 N–H and O–H groups in total. The molecule has 2 aromatic rings. The van der Waals surface area contributed by atoms with E-state index in [0.717, 1.165) is 5.56 Å². The maximum atomic E-state index is 12.4. The fourth-order valence-corrected chi connectivity index (χ4v) is 3.38. The molecular formula is C16H20N4O4S. The molecule has 0 atom stereocenters. The second-order valence-electron chi connectivity index (χ2n) is 5.77. The number of anilines is 1. The van der Waals surface area contributed by atoms with Gasteiger partial charge in [0.05, 0.1) is 9.82 Å². The lowest BCUT2D eigenvalue weighted by atomic mass is 10.2.